The van der Waals surface area contributed by atoms with Crippen LogP contribution in [0.4, 0.5) is 0 Å². The Morgan fingerprint density at radius 2 is 1.09 bits per heavy atom. The molecule has 0 radical (unpaired) electrons. The standard InChI is InChI=1S/2C5H5.C4H10Se.2Cr.2NO.H2O/c2*1-2-4-5-3-1;1-2-3-4-5;;;2*1-2;/h2*1-5H;5H,2-4H2,1H3;;;;;1H2/q2*-1;;2*+6;2*-1;. The van der Waals surface area contributed by atoms with Crippen LogP contribution in [0.15, 0.2) is 60.7 Å². The molecule has 0 aliphatic heterocycles. The first-order valence-electron chi connectivity index (χ1n) is 5.72. The molecule has 0 spiro atoms. The van der Waals surface area contributed by atoms with Crippen molar-refractivity contribution in [3.05, 3.63) is 81.7 Å². The summed E-state index contributed by atoms with van der Waals surface area (Å²) in [6.45, 7) is 2.20. The van der Waals surface area contributed by atoms with Gasteiger partial charge in [-0.2, -0.15) is 36.4 Å². The van der Waals surface area contributed by atoms with Crippen LogP contribution in [0.5, 0.6) is 0 Å². The zero-order valence-corrected chi connectivity index (χ0v) is 16.8. The topological polar surface area (TPSA) is 110 Å². The van der Waals surface area contributed by atoms with Crippen LogP contribution < -0.4 is 0 Å². The first-order valence-corrected chi connectivity index (χ1v) is 7.05. The van der Waals surface area contributed by atoms with Crippen molar-refractivity contribution in [3.63, 3.8) is 0 Å². The minimum atomic E-state index is 0. The van der Waals surface area contributed by atoms with Crippen molar-refractivity contribution in [3.8, 4) is 0 Å². The van der Waals surface area contributed by atoms with Crippen LogP contribution in [-0.2, 0) is 34.7 Å². The Bertz CT molecular complexity index is 234. The fourth-order valence-electron chi connectivity index (χ4n) is 0.800. The molecule has 2 rings (SSSR count). The molecule has 22 heavy (non-hydrogen) atoms. The van der Waals surface area contributed by atoms with Crippen LogP contribution in [0.2, 0.25) is 5.32 Å². The first kappa shape index (κ1) is 37.6. The molecule has 0 aromatic heterocycles. The van der Waals surface area contributed by atoms with E-state index in [0.717, 1.165) is 0 Å². The average molecular weight is 449 g/mol. The number of nitroso groups, excluding NO2 is 2. The van der Waals surface area contributed by atoms with E-state index in [-0.39, 0.29) is 40.2 Å². The van der Waals surface area contributed by atoms with Gasteiger partial charge in [-0.3, -0.25) is 0 Å². The molecule has 0 saturated heterocycles. The zero-order valence-electron chi connectivity index (χ0n) is 12.4. The second-order valence-electron chi connectivity index (χ2n) is 3.00. The molecule has 0 fully saturated rings. The minimum absolute atomic E-state index is 0. The quantitative estimate of drug-likeness (QED) is 0.514. The van der Waals surface area contributed by atoms with Crippen LogP contribution in [0.25, 0.3) is 11.2 Å². The maximum atomic E-state index is 7.25. The minimum Gasteiger partial charge on any atom is -0.577 e. The van der Waals surface area contributed by atoms with Crippen molar-refractivity contribution in [1.82, 2.24) is 0 Å². The fourth-order valence-corrected chi connectivity index (χ4v) is 1.46. The van der Waals surface area contributed by atoms with Gasteiger partial charge in [0.25, 0.3) is 0 Å². The Morgan fingerprint density at radius 1 is 0.818 bits per heavy atom. The zero-order chi connectivity index (χ0) is 15.2. The Hall–Kier alpha value is -0.556. The molecule has 0 unspecified atom stereocenters. The maximum absolute atomic E-state index is 7.25. The van der Waals surface area contributed by atoms with Crippen LogP contribution in [0, 0.1) is 9.81 Å². The van der Waals surface area contributed by atoms with Gasteiger partial charge in [-0.05, 0) is 0 Å². The van der Waals surface area contributed by atoms with Gasteiger partial charge in [-0.1, -0.05) is 0 Å². The predicted molar refractivity (Wildman–Crippen MR) is 88.0 cm³/mol. The molecular formula is C14H22Cr2N2O3Se+8. The second kappa shape index (κ2) is 49.9. The first-order chi connectivity index (χ1) is 9.41. The Labute approximate surface area is 162 Å². The normalized spacial score (nSPS) is 5.91. The van der Waals surface area contributed by atoms with Gasteiger partial charge in [-0.25, -0.2) is 24.3 Å². The summed E-state index contributed by atoms with van der Waals surface area (Å²) < 4.78 is 0. The van der Waals surface area contributed by atoms with Gasteiger partial charge in [0.1, 0.15) is 0 Å². The third kappa shape index (κ3) is 50.5. The molecule has 8 heteroatoms. The van der Waals surface area contributed by atoms with Crippen LogP contribution in [-0.4, -0.2) is 21.5 Å². The summed E-state index contributed by atoms with van der Waals surface area (Å²) in [7, 11) is 0. The van der Waals surface area contributed by atoms with E-state index in [9.17, 15) is 0 Å². The van der Waals surface area contributed by atoms with E-state index < -0.39 is 0 Å². The number of nitrogens with zero attached hydrogens (tertiary/aromatic N) is 2. The van der Waals surface area contributed by atoms with Gasteiger partial charge in [0.15, 0.2) is 0 Å². The van der Waals surface area contributed by atoms with E-state index in [1.807, 2.05) is 60.7 Å². The molecule has 116 valence electrons. The maximum Gasteiger partial charge on any atom is 6.00 e. The van der Waals surface area contributed by atoms with Crippen molar-refractivity contribution >= 4 is 16.0 Å². The number of unbranched alkanes of at least 4 members (excludes halogenated alkanes) is 1. The number of rotatable bonds is 2. The van der Waals surface area contributed by atoms with Crippen molar-refractivity contribution in [2.75, 3.05) is 0 Å². The second-order valence-corrected chi connectivity index (χ2v) is 3.94. The largest absolute Gasteiger partial charge is 6.00 e. The molecule has 0 aliphatic carbocycles. The van der Waals surface area contributed by atoms with Crippen molar-refractivity contribution in [1.29, 1.82) is 0 Å². The summed E-state index contributed by atoms with van der Waals surface area (Å²) in [5.41, 5.74) is 11.5. The molecule has 0 atom stereocenters. The molecule has 2 aromatic rings. The third-order valence-corrected chi connectivity index (χ3v) is 2.29. The van der Waals surface area contributed by atoms with Gasteiger partial charge in [0.05, 0.1) is 0 Å². The Morgan fingerprint density at radius 3 is 1.14 bits per heavy atom. The van der Waals surface area contributed by atoms with E-state index in [2.05, 4.69) is 22.9 Å². The van der Waals surface area contributed by atoms with Crippen molar-refractivity contribution in [2.45, 2.75) is 25.1 Å². The molecule has 2 N–H and O–H groups in total. The molecule has 0 aliphatic rings. The Balaban J connectivity index is -0.0000000369. The number of hydrogen-bond acceptors (Lipinski definition) is 2. The van der Waals surface area contributed by atoms with Gasteiger partial charge < -0.3 is 26.5 Å². The molecule has 0 bridgehead atoms. The van der Waals surface area contributed by atoms with Crippen molar-refractivity contribution < 1.29 is 40.2 Å². The summed E-state index contributed by atoms with van der Waals surface area (Å²) in [4.78, 5) is 14.5. The smallest absolute Gasteiger partial charge is 0.577 e. The monoisotopic (exact) mass is 450 g/mol. The van der Waals surface area contributed by atoms with Gasteiger partial charge in [-0.15, -0.1) is 0 Å². The van der Waals surface area contributed by atoms with Gasteiger partial charge in [0.2, 0.25) is 0 Å². The molecular weight excluding hydrogens is 427 g/mol. The predicted octanol–water partition coefficient (Wildman–Crippen LogP) is 3.73. The molecule has 0 saturated carbocycles. The molecule has 0 heterocycles. The molecule has 2 aromatic carbocycles. The van der Waals surface area contributed by atoms with Crippen LogP contribution >= 0.6 is 0 Å². The average Bonchev–Trinajstić information content (AvgIpc) is 3.22. The summed E-state index contributed by atoms with van der Waals surface area (Å²) in [6.07, 6.45) is 2.69. The number of hydrogen-bond donors (Lipinski definition) is 0. The Kier molecular flexibility index (Phi) is 85.3. The van der Waals surface area contributed by atoms with Crippen LogP contribution in [0.3, 0.4) is 0 Å². The van der Waals surface area contributed by atoms with E-state index in [1.165, 1.54) is 18.2 Å². The van der Waals surface area contributed by atoms with E-state index in [1.54, 1.807) is 0 Å². The van der Waals surface area contributed by atoms with E-state index >= 15 is 0 Å². The SMILES string of the molecule is CCCC[SeH].O.[Cr+6].[Cr+6].[N-]=O.[N-]=O.c1cc[cH-]c1.c1cc[cH-]c1. The summed E-state index contributed by atoms with van der Waals surface area (Å²) >= 11 is 2.58. The summed E-state index contributed by atoms with van der Waals surface area (Å²) in [5.74, 6) is 0. The van der Waals surface area contributed by atoms with E-state index in [4.69, 9.17) is 21.0 Å². The summed E-state index contributed by atoms with van der Waals surface area (Å²) in [5, 5.41) is 1.28. The van der Waals surface area contributed by atoms with Gasteiger partial charge in [0, 0.05) is 0 Å². The fraction of sp³-hybridized carbons (Fsp3) is 0.286. The van der Waals surface area contributed by atoms with Crippen molar-refractivity contribution in [2.24, 2.45) is 0 Å². The van der Waals surface area contributed by atoms with Crippen LogP contribution in [0.1, 0.15) is 19.8 Å². The molecule has 0 amide bonds. The van der Waals surface area contributed by atoms with E-state index in [0.29, 0.717) is 0 Å². The third-order valence-electron chi connectivity index (χ3n) is 1.62. The summed E-state index contributed by atoms with van der Waals surface area (Å²) in [6, 6.07) is 20.0. The molecule has 5 nitrogen and oxygen atoms in total. The van der Waals surface area contributed by atoms with Gasteiger partial charge >= 0.3 is 75.8 Å².